The Balaban J connectivity index is 1.45. The summed E-state index contributed by atoms with van der Waals surface area (Å²) in [7, 11) is 0. The molecule has 134 valence electrons. The van der Waals surface area contributed by atoms with E-state index in [1.807, 2.05) is 69.4 Å². The summed E-state index contributed by atoms with van der Waals surface area (Å²) >= 11 is 1.50. The zero-order chi connectivity index (χ0) is 18.2. The summed E-state index contributed by atoms with van der Waals surface area (Å²) in [5.41, 5.74) is 2.33. The summed E-state index contributed by atoms with van der Waals surface area (Å²) in [6, 6.07) is 15.7. The Morgan fingerprint density at radius 1 is 1.07 bits per heavy atom. The number of likely N-dealkylation sites (tertiary alicyclic amines) is 1. The van der Waals surface area contributed by atoms with Crippen LogP contribution in [0.25, 0.3) is 16.2 Å². The molecule has 0 unspecified atom stereocenters. The minimum absolute atomic E-state index is 0.0383. The third-order valence-corrected chi connectivity index (χ3v) is 5.79. The van der Waals surface area contributed by atoms with Gasteiger partial charge in [0.25, 0.3) is 5.91 Å². The molecule has 0 bridgehead atoms. The Bertz CT molecular complexity index is 1100. The Kier molecular flexibility index (Phi) is 3.94. The van der Waals surface area contributed by atoms with Crippen LogP contribution in [0, 0.1) is 0 Å². The Morgan fingerprint density at radius 3 is 2.81 bits per heavy atom. The molecule has 4 heterocycles. The summed E-state index contributed by atoms with van der Waals surface area (Å²) in [6.45, 7) is 0.712. The fourth-order valence-electron chi connectivity index (χ4n) is 3.60. The normalized spacial score (nSPS) is 16.9. The van der Waals surface area contributed by atoms with Gasteiger partial charge in [0.05, 0.1) is 6.04 Å². The first-order valence-corrected chi connectivity index (χ1v) is 9.81. The Labute approximate surface area is 160 Å². The zero-order valence-electron chi connectivity index (χ0n) is 14.5. The van der Waals surface area contributed by atoms with Gasteiger partial charge in [-0.2, -0.15) is 0 Å². The number of fused-ring (bicyclic) bond motifs is 1. The molecule has 7 heteroatoms. The van der Waals surface area contributed by atoms with Crippen molar-refractivity contribution in [1.82, 2.24) is 24.5 Å². The number of carbonyl (C=O) groups is 1. The average Bonchev–Trinajstić information content (AvgIpc) is 3.46. The Morgan fingerprint density at radius 2 is 1.93 bits per heavy atom. The van der Waals surface area contributed by atoms with E-state index >= 15 is 0 Å². The van der Waals surface area contributed by atoms with Crippen LogP contribution >= 0.6 is 11.3 Å². The van der Waals surface area contributed by atoms with Gasteiger partial charge in [-0.25, -0.2) is 4.98 Å². The summed E-state index contributed by atoms with van der Waals surface area (Å²) in [5, 5.41) is 11.3. The highest BCUT2D eigenvalue weighted by molar-refractivity contribution is 7.13. The standard InChI is InChI=1S/C20H17N5OS/c26-20(15-13-27-19(21-15)14-7-2-1-3-8-14)24-12-6-9-16(24)18-23-22-17-10-4-5-11-25(17)18/h1-5,7-8,10-11,13,16H,6,9,12H2/t16-/m0/s1. The maximum absolute atomic E-state index is 13.1. The van der Waals surface area contributed by atoms with Crippen LogP contribution in [0.3, 0.4) is 0 Å². The fraction of sp³-hybridized carbons (Fsp3) is 0.200. The molecule has 4 aromatic rings. The smallest absolute Gasteiger partial charge is 0.273 e. The van der Waals surface area contributed by atoms with Gasteiger partial charge < -0.3 is 4.90 Å². The van der Waals surface area contributed by atoms with Crippen LogP contribution in [0.15, 0.2) is 60.1 Å². The van der Waals surface area contributed by atoms with E-state index in [-0.39, 0.29) is 11.9 Å². The monoisotopic (exact) mass is 375 g/mol. The number of hydrogen-bond acceptors (Lipinski definition) is 5. The van der Waals surface area contributed by atoms with E-state index < -0.39 is 0 Å². The van der Waals surface area contributed by atoms with Gasteiger partial charge >= 0.3 is 0 Å². The topological polar surface area (TPSA) is 63.4 Å². The van der Waals surface area contributed by atoms with Crippen molar-refractivity contribution >= 4 is 22.9 Å². The van der Waals surface area contributed by atoms with Gasteiger partial charge in [-0.05, 0) is 25.0 Å². The van der Waals surface area contributed by atoms with Crippen molar-refractivity contribution < 1.29 is 4.79 Å². The van der Waals surface area contributed by atoms with Crippen molar-refractivity contribution in [3.05, 3.63) is 71.6 Å². The largest absolute Gasteiger partial charge is 0.327 e. The molecule has 5 rings (SSSR count). The number of nitrogens with zero attached hydrogens (tertiary/aromatic N) is 5. The van der Waals surface area contributed by atoms with Gasteiger partial charge in [0.15, 0.2) is 11.5 Å². The van der Waals surface area contributed by atoms with Crippen LogP contribution in [0.2, 0.25) is 0 Å². The molecule has 0 aliphatic carbocycles. The first kappa shape index (κ1) is 16.1. The zero-order valence-corrected chi connectivity index (χ0v) is 15.3. The quantitative estimate of drug-likeness (QED) is 0.546. The molecule has 1 aromatic carbocycles. The highest BCUT2D eigenvalue weighted by atomic mass is 32.1. The van der Waals surface area contributed by atoms with Gasteiger partial charge in [0.1, 0.15) is 10.7 Å². The van der Waals surface area contributed by atoms with Crippen LogP contribution in [-0.4, -0.2) is 36.9 Å². The number of amides is 1. The molecule has 1 saturated heterocycles. The number of rotatable bonds is 3. The predicted molar refractivity (Wildman–Crippen MR) is 104 cm³/mol. The van der Waals surface area contributed by atoms with E-state index in [1.165, 1.54) is 11.3 Å². The summed E-state index contributed by atoms with van der Waals surface area (Å²) in [6.07, 6.45) is 3.78. The number of thiazole rings is 1. The second-order valence-corrected chi connectivity index (χ2v) is 7.41. The molecular formula is C20H17N5OS. The lowest BCUT2D eigenvalue weighted by Gasteiger charge is -2.22. The lowest BCUT2D eigenvalue weighted by Crippen LogP contribution is -2.31. The van der Waals surface area contributed by atoms with Crippen LogP contribution in [0.5, 0.6) is 0 Å². The number of benzene rings is 1. The van der Waals surface area contributed by atoms with Gasteiger partial charge in [-0.3, -0.25) is 9.20 Å². The van der Waals surface area contributed by atoms with E-state index in [0.717, 1.165) is 34.9 Å². The van der Waals surface area contributed by atoms with Crippen molar-refractivity contribution in [1.29, 1.82) is 0 Å². The third kappa shape index (κ3) is 2.80. The molecule has 0 saturated carbocycles. The lowest BCUT2D eigenvalue weighted by atomic mass is 10.2. The minimum Gasteiger partial charge on any atom is -0.327 e. The third-order valence-electron chi connectivity index (χ3n) is 4.90. The van der Waals surface area contributed by atoms with E-state index in [1.54, 1.807) is 0 Å². The maximum Gasteiger partial charge on any atom is 0.273 e. The highest BCUT2D eigenvalue weighted by Crippen LogP contribution is 2.33. The average molecular weight is 375 g/mol. The predicted octanol–water partition coefficient (Wildman–Crippen LogP) is 3.83. The van der Waals surface area contributed by atoms with Crippen LogP contribution in [-0.2, 0) is 0 Å². The molecule has 1 amide bonds. The SMILES string of the molecule is O=C(c1csc(-c2ccccc2)n1)N1CCC[C@H]1c1nnc2ccccn12. The second kappa shape index (κ2) is 6.59. The van der Waals surface area contributed by atoms with E-state index in [0.29, 0.717) is 12.2 Å². The molecular weight excluding hydrogens is 358 g/mol. The summed E-state index contributed by atoms with van der Waals surface area (Å²) < 4.78 is 1.96. The molecule has 0 N–H and O–H groups in total. The number of carbonyl (C=O) groups excluding carboxylic acids is 1. The molecule has 1 fully saturated rings. The number of hydrogen-bond donors (Lipinski definition) is 0. The number of pyridine rings is 1. The van der Waals surface area contributed by atoms with Gasteiger partial charge in [-0.15, -0.1) is 21.5 Å². The summed E-state index contributed by atoms with van der Waals surface area (Å²) in [4.78, 5) is 19.6. The first-order valence-electron chi connectivity index (χ1n) is 8.93. The van der Waals surface area contributed by atoms with Crippen LogP contribution < -0.4 is 0 Å². The van der Waals surface area contributed by atoms with Crippen molar-refractivity contribution in [3.8, 4) is 10.6 Å². The molecule has 1 aliphatic rings. The van der Waals surface area contributed by atoms with E-state index in [2.05, 4.69) is 15.2 Å². The van der Waals surface area contributed by atoms with E-state index in [4.69, 9.17) is 0 Å². The lowest BCUT2D eigenvalue weighted by molar-refractivity contribution is 0.0724. The maximum atomic E-state index is 13.1. The molecule has 0 spiro atoms. The second-order valence-electron chi connectivity index (χ2n) is 6.55. The van der Waals surface area contributed by atoms with Gasteiger partial charge in [0.2, 0.25) is 0 Å². The van der Waals surface area contributed by atoms with Crippen molar-refractivity contribution in [2.75, 3.05) is 6.54 Å². The molecule has 1 aliphatic heterocycles. The number of aromatic nitrogens is 4. The van der Waals surface area contributed by atoms with Crippen molar-refractivity contribution in [2.45, 2.75) is 18.9 Å². The van der Waals surface area contributed by atoms with Crippen molar-refractivity contribution in [2.24, 2.45) is 0 Å². The first-order chi connectivity index (χ1) is 13.3. The van der Waals surface area contributed by atoms with Crippen molar-refractivity contribution in [3.63, 3.8) is 0 Å². The molecule has 3 aromatic heterocycles. The summed E-state index contributed by atoms with van der Waals surface area (Å²) in [5.74, 6) is 0.776. The molecule has 1 atom stereocenters. The van der Waals surface area contributed by atoms with Gasteiger partial charge in [-0.1, -0.05) is 36.4 Å². The van der Waals surface area contributed by atoms with E-state index in [9.17, 15) is 4.79 Å². The molecule has 0 radical (unpaired) electrons. The highest BCUT2D eigenvalue weighted by Gasteiger charge is 2.34. The Hall–Kier alpha value is -3.06. The fourth-order valence-corrected chi connectivity index (χ4v) is 4.40. The van der Waals surface area contributed by atoms with Crippen LogP contribution in [0.1, 0.15) is 35.2 Å². The molecule has 6 nitrogen and oxygen atoms in total. The molecule has 27 heavy (non-hydrogen) atoms. The minimum atomic E-state index is -0.0724. The van der Waals surface area contributed by atoms with Crippen LogP contribution in [0.4, 0.5) is 0 Å². The van der Waals surface area contributed by atoms with Gasteiger partial charge in [0, 0.05) is 23.7 Å².